The number of hydrogen-bond donors (Lipinski definition) is 1. The minimum Gasteiger partial charge on any atom is -0.319 e. The van der Waals surface area contributed by atoms with Crippen molar-refractivity contribution in [1.29, 1.82) is 0 Å². The Morgan fingerprint density at radius 3 is 2.73 bits per heavy atom. The van der Waals surface area contributed by atoms with Crippen molar-refractivity contribution >= 4 is 0 Å². The van der Waals surface area contributed by atoms with E-state index in [0.717, 1.165) is 18.0 Å². The van der Waals surface area contributed by atoms with Crippen LogP contribution in [0.15, 0.2) is 18.2 Å². The lowest BCUT2D eigenvalue weighted by Crippen LogP contribution is -2.18. The molecule has 1 unspecified atom stereocenters. The fraction of sp³-hybridized carbons (Fsp3) is 0.538. The van der Waals surface area contributed by atoms with Crippen molar-refractivity contribution in [2.24, 2.45) is 5.92 Å². The van der Waals surface area contributed by atoms with Crippen molar-refractivity contribution in [2.75, 3.05) is 13.6 Å². The third-order valence-corrected chi connectivity index (χ3v) is 3.23. The third-order valence-electron chi connectivity index (χ3n) is 3.23. The highest BCUT2D eigenvalue weighted by Gasteiger charge is 2.31. The lowest BCUT2D eigenvalue weighted by atomic mass is 9.93. The van der Waals surface area contributed by atoms with Gasteiger partial charge < -0.3 is 5.32 Å². The quantitative estimate of drug-likeness (QED) is 0.800. The summed E-state index contributed by atoms with van der Waals surface area (Å²) in [5.74, 6) is 1.27. The van der Waals surface area contributed by atoms with Gasteiger partial charge in [0.05, 0.1) is 0 Å². The molecule has 2 heteroatoms. The average Bonchev–Trinajstić information content (AvgIpc) is 3.02. The fourth-order valence-electron chi connectivity index (χ4n) is 2.17. The predicted molar refractivity (Wildman–Crippen MR) is 60.5 cm³/mol. The van der Waals surface area contributed by atoms with E-state index in [0.29, 0.717) is 5.92 Å². The summed E-state index contributed by atoms with van der Waals surface area (Å²) in [4.78, 5) is 0. The first-order valence-corrected chi connectivity index (χ1v) is 5.63. The zero-order valence-electron chi connectivity index (χ0n) is 9.39. The van der Waals surface area contributed by atoms with Crippen molar-refractivity contribution in [3.05, 3.63) is 35.1 Å². The molecular weight excluding hydrogens is 189 g/mol. The van der Waals surface area contributed by atoms with Crippen LogP contribution in [0.5, 0.6) is 0 Å². The van der Waals surface area contributed by atoms with Gasteiger partial charge in [0.1, 0.15) is 5.82 Å². The average molecular weight is 207 g/mol. The Kier molecular flexibility index (Phi) is 3.06. The SMILES string of the molecule is CNCC(c1ccc(F)c(C)c1)C1CC1. The van der Waals surface area contributed by atoms with Crippen LogP contribution in [0.25, 0.3) is 0 Å². The number of nitrogens with one attached hydrogen (secondary N) is 1. The Morgan fingerprint density at radius 1 is 1.47 bits per heavy atom. The van der Waals surface area contributed by atoms with Gasteiger partial charge in [-0.25, -0.2) is 4.39 Å². The second kappa shape index (κ2) is 4.31. The predicted octanol–water partition coefficient (Wildman–Crippen LogP) is 2.85. The van der Waals surface area contributed by atoms with Gasteiger partial charge in [-0.15, -0.1) is 0 Å². The molecule has 1 saturated carbocycles. The molecule has 1 atom stereocenters. The van der Waals surface area contributed by atoms with Crippen LogP contribution < -0.4 is 5.32 Å². The second-order valence-corrected chi connectivity index (χ2v) is 4.51. The first-order valence-electron chi connectivity index (χ1n) is 5.63. The summed E-state index contributed by atoms with van der Waals surface area (Å²) in [5.41, 5.74) is 2.04. The summed E-state index contributed by atoms with van der Waals surface area (Å²) in [7, 11) is 1.98. The largest absolute Gasteiger partial charge is 0.319 e. The number of benzene rings is 1. The van der Waals surface area contributed by atoms with Gasteiger partial charge in [-0.2, -0.15) is 0 Å². The topological polar surface area (TPSA) is 12.0 Å². The van der Waals surface area contributed by atoms with Gasteiger partial charge in [0, 0.05) is 6.54 Å². The third kappa shape index (κ3) is 2.37. The summed E-state index contributed by atoms with van der Waals surface area (Å²) < 4.78 is 13.1. The highest BCUT2D eigenvalue weighted by atomic mass is 19.1. The van der Waals surface area contributed by atoms with Crippen LogP contribution in [0.1, 0.15) is 29.9 Å². The summed E-state index contributed by atoms with van der Waals surface area (Å²) >= 11 is 0. The van der Waals surface area contributed by atoms with Crippen molar-refractivity contribution < 1.29 is 4.39 Å². The van der Waals surface area contributed by atoms with Gasteiger partial charge in [0.15, 0.2) is 0 Å². The molecule has 0 aliphatic heterocycles. The van der Waals surface area contributed by atoms with E-state index in [1.165, 1.54) is 18.4 Å². The molecule has 0 saturated heterocycles. The van der Waals surface area contributed by atoms with E-state index in [-0.39, 0.29) is 5.82 Å². The molecule has 0 aromatic heterocycles. The molecule has 15 heavy (non-hydrogen) atoms. The normalized spacial score (nSPS) is 17.8. The molecule has 0 radical (unpaired) electrons. The lowest BCUT2D eigenvalue weighted by Gasteiger charge is -2.16. The fourth-order valence-corrected chi connectivity index (χ4v) is 2.17. The van der Waals surface area contributed by atoms with Gasteiger partial charge in [-0.3, -0.25) is 0 Å². The Balaban J connectivity index is 2.21. The minimum atomic E-state index is -0.0993. The van der Waals surface area contributed by atoms with Crippen LogP contribution in [-0.4, -0.2) is 13.6 Å². The van der Waals surface area contributed by atoms with Gasteiger partial charge in [-0.1, -0.05) is 12.1 Å². The lowest BCUT2D eigenvalue weighted by molar-refractivity contribution is 0.562. The van der Waals surface area contributed by atoms with Crippen LogP contribution in [0.3, 0.4) is 0 Å². The van der Waals surface area contributed by atoms with E-state index in [4.69, 9.17) is 0 Å². The zero-order valence-corrected chi connectivity index (χ0v) is 9.39. The molecule has 0 amide bonds. The molecule has 0 spiro atoms. The summed E-state index contributed by atoms with van der Waals surface area (Å²) in [6.07, 6.45) is 2.64. The Morgan fingerprint density at radius 2 is 2.20 bits per heavy atom. The van der Waals surface area contributed by atoms with Crippen LogP contribution in [0.2, 0.25) is 0 Å². The summed E-state index contributed by atoms with van der Waals surface area (Å²) in [6.45, 7) is 2.83. The first kappa shape index (κ1) is 10.6. The van der Waals surface area contributed by atoms with Gasteiger partial charge in [-0.05, 0) is 55.8 Å². The molecule has 1 aromatic carbocycles. The Labute approximate surface area is 90.7 Å². The number of aryl methyl sites for hydroxylation is 1. The molecule has 1 N–H and O–H groups in total. The monoisotopic (exact) mass is 207 g/mol. The molecule has 1 aliphatic rings. The Bertz CT molecular complexity index is 344. The number of halogens is 1. The summed E-state index contributed by atoms with van der Waals surface area (Å²) in [5, 5.41) is 3.23. The maximum absolute atomic E-state index is 13.1. The molecule has 1 aliphatic carbocycles. The smallest absolute Gasteiger partial charge is 0.126 e. The van der Waals surface area contributed by atoms with Crippen molar-refractivity contribution in [3.63, 3.8) is 0 Å². The first-order chi connectivity index (χ1) is 7.22. The molecule has 0 heterocycles. The van der Waals surface area contributed by atoms with Gasteiger partial charge in [0.25, 0.3) is 0 Å². The van der Waals surface area contributed by atoms with Crippen molar-refractivity contribution in [2.45, 2.75) is 25.7 Å². The Hall–Kier alpha value is -0.890. The summed E-state index contributed by atoms with van der Waals surface area (Å²) in [6, 6.07) is 5.52. The van der Waals surface area contributed by atoms with E-state index in [2.05, 4.69) is 5.32 Å². The second-order valence-electron chi connectivity index (χ2n) is 4.51. The van der Waals surface area contributed by atoms with Crippen molar-refractivity contribution in [3.8, 4) is 0 Å². The van der Waals surface area contributed by atoms with Crippen LogP contribution in [0, 0.1) is 18.7 Å². The van der Waals surface area contributed by atoms with Crippen molar-refractivity contribution in [1.82, 2.24) is 5.32 Å². The number of likely N-dealkylation sites (N-methyl/N-ethyl adjacent to an activating group) is 1. The molecule has 0 bridgehead atoms. The molecule has 82 valence electrons. The van der Waals surface area contributed by atoms with E-state index < -0.39 is 0 Å². The van der Waals surface area contributed by atoms with E-state index >= 15 is 0 Å². The highest BCUT2D eigenvalue weighted by molar-refractivity contribution is 5.28. The van der Waals surface area contributed by atoms with E-state index in [1.54, 1.807) is 6.07 Å². The number of hydrogen-bond acceptors (Lipinski definition) is 1. The molecule has 1 nitrogen and oxygen atoms in total. The van der Waals surface area contributed by atoms with E-state index in [1.807, 2.05) is 26.1 Å². The highest BCUT2D eigenvalue weighted by Crippen LogP contribution is 2.42. The maximum atomic E-state index is 13.1. The molecular formula is C13H18FN. The molecule has 1 fully saturated rings. The molecule has 2 rings (SSSR count). The van der Waals surface area contributed by atoms with Crippen LogP contribution >= 0.6 is 0 Å². The van der Waals surface area contributed by atoms with Gasteiger partial charge >= 0.3 is 0 Å². The number of rotatable bonds is 4. The zero-order chi connectivity index (χ0) is 10.8. The standard InChI is InChI=1S/C13H18FN/c1-9-7-11(5-6-13(9)14)12(8-15-2)10-3-4-10/h5-7,10,12,15H,3-4,8H2,1-2H3. The van der Waals surface area contributed by atoms with E-state index in [9.17, 15) is 4.39 Å². The molecule has 1 aromatic rings. The maximum Gasteiger partial charge on any atom is 0.126 e. The van der Waals surface area contributed by atoms with Crippen LogP contribution in [0.4, 0.5) is 4.39 Å². The van der Waals surface area contributed by atoms with Gasteiger partial charge in [0.2, 0.25) is 0 Å². The van der Waals surface area contributed by atoms with Crippen LogP contribution in [-0.2, 0) is 0 Å². The minimum absolute atomic E-state index is 0.0993.